The molecule has 1 heterocycles. The van der Waals surface area contributed by atoms with E-state index < -0.39 is 10.0 Å². The third-order valence-corrected chi connectivity index (χ3v) is 6.28. The lowest BCUT2D eigenvalue weighted by atomic mass is 10.2. The highest BCUT2D eigenvalue weighted by Gasteiger charge is 2.36. The van der Waals surface area contributed by atoms with Gasteiger partial charge in [0.05, 0.1) is 11.4 Å². The Kier molecular flexibility index (Phi) is 4.36. The van der Waals surface area contributed by atoms with E-state index in [-0.39, 0.29) is 17.2 Å². The second-order valence-corrected chi connectivity index (χ2v) is 8.51. The Morgan fingerprint density at radius 2 is 2.00 bits per heavy atom. The minimum Gasteiger partial charge on any atom is -0.464 e. The fourth-order valence-electron chi connectivity index (χ4n) is 2.76. The van der Waals surface area contributed by atoms with Gasteiger partial charge < -0.3 is 4.42 Å². The van der Waals surface area contributed by atoms with Crippen LogP contribution in [-0.2, 0) is 16.6 Å². The number of hydrogen-bond acceptors (Lipinski definition) is 4. The first-order valence-corrected chi connectivity index (χ1v) is 9.39. The van der Waals surface area contributed by atoms with E-state index in [0.717, 1.165) is 12.2 Å². The van der Waals surface area contributed by atoms with Crippen molar-refractivity contribution in [2.75, 3.05) is 7.05 Å². The second kappa shape index (κ2) is 6.18. The molecule has 1 aromatic carbocycles. The number of furan rings is 1. The summed E-state index contributed by atoms with van der Waals surface area (Å²) in [6.07, 6.45) is 1.12. The van der Waals surface area contributed by atoms with Crippen LogP contribution in [0.25, 0.3) is 0 Å². The quantitative estimate of drug-likeness (QED) is 0.751. The molecule has 3 rings (SSSR count). The largest absolute Gasteiger partial charge is 0.464 e. The van der Waals surface area contributed by atoms with E-state index in [1.165, 1.54) is 30.4 Å². The summed E-state index contributed by atoms with van der Waals surface area (Å²) in [6, 6.07) is 9.86. The van der Waals surface area contributed by atoms with Crippen molar-refractivity contribution in [1.82, 2.24) is 4.31 Å². The molecule has 0 bridgehead atoms. The summed E-state index contributed by atoms with van der Waals surface area (Å²) < 4.78 is 32.4. The van der Waals surface area contributed by atoms with Gasteiger partial charge in [-0.25, -0.2) is 8.42 Å². The molecular formula is C18H21NO4S. The van der Waals surface area contributed by atoms with Crippen LogP contribution in [0.5, 0.6) is 0 Å². The van der Waals surface area contributed by atoms with Gasteiger partial charge >= 0.3 is 0 Å². The molecule has 2 atom stereocenters. The van der Waals surface area contributed by atoms with Crippen LogP contribution in [0.2, 0.25) is 0 Å². The molecule has 2 aromatic rings. The van der Waals surface area contributed by atoms with E-state index in [9.17, 15) is 13.2 Å². The van der Waals surface area contributed by atoms with Crippen molar-refractivity contribution >= 4 is 15.8 Å². The van der Waals surface area contributed by atoms with Gasteiger partial charge in [-0.15, -0.1) is 0 Å². The highest BCUT2D eigenvalue weighted by Crippen LogP contribution is 2.47. The minimum absolute atomic E-state index is 0.111. The van der Waals surface area contributed by atoms with Crippen molar-refractivity contribution < 1.29 is 17.6 Å². The lowest BCUT2D eigenvalue weighted by Crippen LogP contribution is -2.26. The van der Waals surface area contributed by atoms with Crippen molar-refractivity contribution in [2.24, 2.45) is 5.92 Å². The molecule has 0 amide bonds. The van der Waals surface area contributed by atoms with Crippen LogP contribution in [0.4, 0.5) is 0 Å². The number of sulfonamides is 1. The van der Waals surface area contributed by atoms with E-state index in [0.29, 0.717) is 23.2 Å². The normalized spacial score (nSPS) is 20.3. The number of carbonyl (C=O) groups excluding carboxylic acids is 1. The van der Waals surface area contributed by atoms with Crippen LogP contribution >= 0.6 is 0 Å². The SMILES string of the molecule is CC(=O)c1cccc(S(=O)(=O)N(C)Cc2ccc(C3CC3C)o2)c1. The molecule has 1 aromatic heterocycles. The summed E-state index contributed by atoms with van der Waals surface area (Å²) in [5, 5.41) is 0. The van der Waals surface area contributed by atoms with E-state index >= 15 is 0 Å². The number of nitrogens with zero attached hydrogens (tertiary/aromatic N) is 1. The molecule has 1 aliphatic carbocycles. The van der Waals surface area contributed by atoms with Gasteiger partial charge in [0.15, 0.2) is 5.78 Å². The molecule has 6 heteroatoms. The van der Waals surface area contributed by atoms with E-state index in [1.54, 1.807) is 12.1 Å². The molecule has 0 N–H and O–H groups in total. The Morgan fingerprint density at radius 1 is 1.29 bits per heavy atom. The van der Waals surface area contributed by atoms with Gasteiger partial charge in [0.2, 0.25) is 10.0 Å². The van der Waals surface area contributed by atoms with E-state index in [2.05, 4.69) is 6.92 Å². The Bertz CT molecular complexity index is 869. The fourth-order valence-corrected chi connectivity index (χ4v) is 3.94. The first kappa shape index (κ1) is 16.9. The summed E-state index contributed by atoms with van der Waals surface area (Å²) in [7, 11) is -2.17. The van der Waals surface area contributed by atoms with Crippen LogP contribution in [0.15, 0.2) is 45.7 Å². The Balaban J connectivity index is 1.78. The zero-order valence-electron chi connectivity index (χ0n) is 14.0. The van der Waals surface area contributed by atoms with Gasteiger partial charge in [0.1, 0.15) is 11.5 Å². The summed E-state index contributed by atoms with van der Waals surface area (Å²) >= 11 is 0. The Morgan fingerprint density at radius 3 is 2.62 bits per heavy atom. The van der Waals surface area contributed by atoms with Gasteiger partial charge in [0, 0.05) is 18.5 Å². The van der Waals surface area contributed by atoms with Crippen LogP contribution in [-0.4, -0.2) is 25.6 Å². The number of carbonyl (C=O) groups is 1. The number of Topliss-reactive ketones (excluding diaryl/α,β-unsaturated/α-hetero) is 1. The molecule has 0 spiro atoms. The molecule has 128 valence electrons. The summed E-state index contributed by atoms with van der Waals surface area (Å²) in [5.74, 6) is 2.50. The molecule has 2 unspecified atom stereocenters. The Hall–Kier alpha value is -1.92. The summed E-state index contributed by atoms with van der Waals surface area (Å²) in [6.45, 7) is 3.75. The zero-order chi connectivity index (χ0) is 17.5. The van der Waals surface area contributed by atoms with Crippen LogP contribution in [0.3, 0.4) is 0 Å². The molecular weight excluding hydrogens is 326 g/mol. The van der Waals surface area contributed by atoms with Crippen LogP contribution in [0, 0.1) is 5.92 Å². The summed E-state index contributed by atoms with van der Waals surface area (Å²) in [5.41, 5.74) is 0.382. The first-order chi connectivity index (χ1) is 11.3. The van der Waals surface area contributed by atoms with Gasteiger partial charge in [-0.3, -0.25) is 4.79 Å². The topological polar surface area (TPSA) is 67.6 Å². The minimum atomic E-state index is -3.68. The predicted molar refractivity (Wildman–Crippen MR) is 90.3 cm³/mol. The summed E-state index contributed by atoms with van der Waals surface area (Å²) in [4.78, 5) is 11.6. The zero-order valence-corrected chi connectivity index (χ0v) is 14.8. The number of hydrogen-bond donors (Lipinski definition) is 0. The predicted octanol–water partition coefficient (Wildman–Crippen LogP) is 3.43. The van der Waals surface area contributed by atoms with E-state index in [1.807, 2.05) is 12.1 Å². The highest BCUT2D eigenvalue weighted by molar-refractivity contribution is 7.89. The van der Waals surface area contributed by atoms with Crippen LogP contribution < -0.4 is 0 Å². The van der Waals surface area contributed by atoms with Crippen molar-refractivity contribution in [3.05, 3.63) is 53.5 Å². The van der Waals surface area contributed by atoms with E-state index in [4.69, 9.17) is 4.42 Å². The maximum atomic E-state index is 12.7. The molecule has 1 saturated carbocycles. The number of rotatable bonds is 6. The van der Waals surface area contributed by atoms with Crippen molar-refractivity contribution in [1.29, 1.82) is 0 Å². The average Bonchev–Trinajstić information content (AvgIpc) is 3.09. The standard InChI is InChI=1S/C18H21NO4S/c1-12-9-17(12)18-8-7-15(23-18)11-19(3)24(21,22)16-6-4-5-14(10-16)13(2)20/h4-8,10,12,17H,9,11H2,1-3H3. The lowest BCUT2D eigenvalue weighted by Gasteiger charge is -2.16. The van der Waals surface area contributed by atoms with Crippen molar-refractivity contribution in [3.8, 4) is 0 Å². The van der Waals surface area contributed by atoms with Crippen molar-refractivity contribution in [3.63, 3.8) is 0 Å². The Labute approximate surface area is 142 Å². The van der Waals surface area contributed by atoms with Gasteiger partial charge in [0.25, 0.3) is 0 Å². The average molecular weight is 347 g/mol. The monoisotopic (exact) mass is 347 g/mol. The molecule has 0 radical (unpaired) electrons. The third-order valence-electron chi connectivity index (χ3n) is 4.48. The molecule has 0 saturated heterocycles. The molecule has 1 fully saturated rings. The van der Waals surface area contributed by atoms with Crippen LogP contribution in [0.1, 0.15) is 48.1 Å². The lowest BCUT2D eigenvalue weighted by molar-refractivity contribution is 0.101. The highest BCUT2D eigenvalue weighted by atomic mass is 32.2. The number of ketones is 1. The third kappa shape index (κ3) is 3.30. The van der Waals surface area contributed by atoms with Gasteiger partial charge in [-0.05, 0) is 43.5 Å². The molecule has 5 nitrogen and oxygen atoms in total. The molecule has 0 aliphatic heterocycles. The first-order valence-electron chi connectivity index (χ1n) is 7.95. The van der Waals surface area contributed by atoms with Gasteiger partial charge in [-0.2, -0.15) is 4.31 Å². The smallest absolute Gasteiger partial charge is 0.243 e. The van der Waals surface area contributed by atoms with Crippen molar-refractivity contribution in [2.45, 2.75) is 37.6 Å². The second-order valence-electron chi connectivity index (χ2n) is 6.47. The number of benzene rings is 1. The molecule has 1 aliphatic rings. The fraction of sp³-hybridized carbons (Fsp3) is 0.389. The molecule has 24 heavy (non-hydrogen) atoms. The maximum absolute atomic E-state index is 12.7. The maximum Gasteiger partial charge on any atom is 0.243 e. The van der Waals surface area contributed by atoms with Gasteiger partial charge in [-0.1, -0.05) is 19.1 Å².